The highest BCUT2D eigenvalue weighted by molar-refractivity contribution is 5.93. The van der Waals surface area contributed by atoms with Gasteiger partial charge in [-0.05, 0) is 25.5 Å². The van der Waals surface area contributed by atoms with E-state index in [1.165, 1.54) is 5.56 Å². The fourth-order valence-electron chi connectivity index (χ4n) is 3.34. The molecule has 2 N–H and O–H groups in total. The molecule has 6 heteroatoms. The second kappa shape index (κ2) is 8.27. The number of amides is 1. The van der Waals surface area contributed by atoms with E-state index in [2.05, 4.69) is 27.4 Å². The molecule has 0 aliphatic carbocycles. The topological polar surface area (TPSA) is 70.4 Å². The third-order valence-electron chi connectivity index (χ3n) is 4.86. The fraction of sp³-hybridized carbons (Fsp3) is 0.474. The molecule has 1 fully saturated rings. The van der Waals surface area contributed by atoms with E-state index < -0.39 is 0 Å². The summed E-state index contributed by atoms with van der Waals surface area (Å²) in [5, 5.41) is 16.9. The Hall–Kier alpha value is -2.18. The van der Waals surface area contributed by atoms with Crippen LogP contribution < -0.4 is 5.32 Å². The molecule has 1 aromatic carbocycles. The van der Waals surface area contributed by atoms with Crippen molar-refractivity contribution in [3.8, 4) is 0 Å². The summed E-state index contributed by atoms with van der Waals surface area (Å²) in [6.45, 7) is 5.35. The van der Waals surface area contributed by atoms with E-state index in [0.29, 0.717) is 5.56 Å². The normalized spacial score (nSPS) is 21.2. The van der Waals surface area contributed by atoms with Crippen molar-refractivity contribution in [2.24, 2.45) is 5.92 Å². The monoisotopic (exact) mass is 342 g/mol. The van der Waals surface area contributed by atoms with Gasteiger partial charge in [0.25, 0.3) is 5.91 Å². The Balaban J connectivity index is 1.63. The van der Waals surface area contributed by atoms with Crippen LogP contribution in [0.1, 0.15) is 29.3 Å². The lowest BCUT2D eigenvalue weighted by Gasteiger charge is -2.38. The highest BCUT2D eigenvalue weighted by Crippen LogP contribution is 2.20. The van der Waals surface area contributed by atoms with Crippen molar-refractivity contribution in [3.63, 3.8) is 0 Å². The number of benzene rings is 1. The van der Waals surface area contributed by atoms with Crippen molar-refractivity contribution in [2.45, 2.75) is 32.5 Å². The summed E-state index contributed by atoms with van der Waals surface area (Å²) in [5.41, 5.74) is 1.83. The molecule has 0 saturated carbocycles. The van der Waals surface area contributed by atoms with Crippen molar-refractivity contribution in [3.05, 3.63) is 53.9 Å². The van der Waals surface area contributed by atoms with Gasteiger partial charge in [-0.2, -0.15) is 5.10 Å². The Morgan fingerprint density at radius 1 is 1.36 bits per heavy atom. The minimum absolute atomic E-state index is 0.0556. The van der Waals surface area contributed by atoms with Gasteiger partial charge in [-0.3, -0.25) is 14.4 Å². The van der Waals surface area contributed by atoms with E-state index in [1.807, 2.05) is 25.1 Å². The van der Waals surface area contributed by atoms with E-state index in [1.54, 1.807) is 17.1 Å². The number of aromatic nitrogens is 2. The van der Waals surface area contributed by atoms with Crippen LogP contribution in [0, 0.1) is 5.92 Å². The maximum absolute atomic E-state index is 12.5. The van der Waals surface area contributed by atoms with Crippen LogP contribution in [0.5, 0.6) is 0 Å². The number of carbonyl (C=O) groups is 1. The number of rotatable bonds is 6. The van der Waals surface area contributed by atoms with E-state index >= 15 is 0 Å². The van der Waals surface area contributed by atoms with Gasteiger partial charge in [-0.1, -0.05) is 30.3 Å². The molecule has 2 aromatic rings. The van der Waals surface area contributed by atoms with Crippen molar-refractivity contribution < 1.29 is 9.90 Å². The highest BCUT2D eigenvalue weighted by Gasteiger charge is 2.30. The predicted molar refractivity (Wildman–Crippen MR) is 96.1 cm³/mol. The van der Waals surface area contributed by atoms with Crippen LogP contribution in [-0.2, 0) is 13.1 Å². The summed E-state index contributed by atoms with van der Waals surface area (Å²) in [6, 6.07) is 10.3. The van der Waals surface area contributed by atoms with E-state index in [0.717, 1.165) is 32.6 Å². The van der Waals surface area contributed by atoms with Crippen LogP contribution in [0.25, 0.3) is 0 Å². The van der Waals surface area contributed by atoms with Crippen molar-refractivity contribution in [1.82, 2.24) is 20.0 Å². The molecule has 1 saturated heterocycles. The van der Waals surface area contributed by atoms with Gasteiger partial charge in [0.05, 0.1) is 11.8 Å². The quantitative estimate of drug-likeness (QED) is 0.835. The molecule has 6 nitrogen and oxygen atoms in total. The smallest absolute Gasteiger partial charge is 0.254 e. The fourth-order valence-corrected chi connectivity index (χ4v) is 3.34. The zero-order chi connectivity index (χ0) is 17.6. The average molecular weight is 342 g/mol. The molecule has 134 valence electrons. The minimum Gasteiger partial charge on any atom is -0.396 e. The second-order valence-corrected chi connectivity index (χ2v) is 6.62. The first-order valence-electron chi connectivity index (χ1n) is 8.90. The summed E-state index contributed by atoms with van der Waals surface area (Å²) in [6.07, 6.45) is 4.23. The molecular weight excluding hydrogens is 316 g/mol. The van der Waals surface area contributed by atoms with Crippen LogP contribution in [0.4, 0.5) is 0 Å². The predicted octanol–water partition coefficient (Wildman–Crippen LogP) is 1.52. The molecule has 1 aliphatic rings. The maximum Gasteiger partial charge on any atom is 0.254 e. The number of carbonyl (C=O) groups excluding carboxylic acids is 1. The molecule has 3 rings (SSSR count). The minimum atomic E-state index is -0.121. The number of piperidine rings is 1. The molecule has 0 radical (unpaired) electrons. The number of aryl methyl sites for hydroxylation is 1. The Labute approximate surface area is 148 Å². The lowest BCUT2D eigenvalue weighted by molar-refractivity contribution is 0.0730. The SMILES string of the molecule is CCn1cc(C(=O)NC2CN(Cc3ccccc3)CCC2CO)cn1. The average Bonchev–Trinajstić information content (AvgIpc) is 3.12. The van der Waals surface area contributed by atoms with E-state index in [9.17, 15) is 9.90 Å². The van der Waals surface area contributed by atoms with Crippen LogP contribution >= 0.6 is 0 Å². The first-order valence-corrected chi connectivity index (χ1v) is 8.90. The molecule has 2 unspecified atom stereocenters. The summed E-state index contributed by atoms with van der Waals surface area (Å²) in [4.78, 5) is 14.8. The van der Waals surface area contributed by atoms with Gasteiger partial charge in [0.1, 0.15) is 0 Å². The molecule has 1 aromatic heterocycles. The number of hydrogen-bond acceptors (Lipinski definition) is 4. The summed E-state index contributed by atoms with van der Waals surface area (Å²) in [5.74, 6) is -0.0260. The third kappa shape index (κ3) is 4.46. The third-order valence-corrected chi connectivity index (χ3v) is 4.86. The van der Waals surface area contributed by atoms with Gasteiger partial charge in [0, 0.05) is 44.4 Å². The number of hydrogen-bond donors (Lipinski definition) is 2. The van der Waals surface area contributed by atoms with Crippen LogP contribution in [0.2, 0.25) is 0 Å². The summed E-state index contributed by atoms with van der Waals surface area (Å²) < 4.78 is 1.74. The Bertz CT molecular complexity index is 686. The standard InChI is InChI=1S/C19H26N4O2/c1-2-23-12-17(10-20-23)19(25)21-18-13-22(9-8-16(18)14-24)11-15-6-4-3-5-7-15/h3-7,10,12,16,18,24H,2,8-9,11,13-14H2,1H3,(H,21,25). The zero-order valence-corrected chi connectivity index (χ0v) is 14.6. The van der Waals surface area contributed by atoms with Crippen LogP contribution in [-0.4, -0.2) is 51.4 Å². The number of nitrogens with zero attached hydrogens (tertiary/aromatic N) is 3. The van der Waals surface area contributed by atoms with Gasteiger partial charge in [0.15, 0.2) is 0 Å². The summed E-state index contributed by atoms with van der Waals surface area (Å²) >= 11 is 0. The van der Waals surface area contributed by atoms with E-state index in [-0.39, 0.29) is 24.5 Å². The Morgan fingerprint density at radius 2 is 2.16 bits per heavy atom. The molecule has 25 heavy (non-hydrogen) atoms. The molecule has 1 amide bonds. The first-order chi connectivity index (χ1) is 12.2. The second-order valence-electron chi connectivity index (χ2n) is 6.62. The van der Waals surface area contributed by atoms with Gasteiger partial charge < -0.3 is 10.4 Å². The van der Waals surface area contributed by atoms with Crippen LogP contribution in [0.3, 0.4) is 0 Å². The largest absolute Gasteiger partial charge is 0.396 e. The lowest BCUT2D eigenvalue weighted by Crippen LogP contribution is -2.53. The first kappa shape index (κ1) is 17.6. The van der Waals surface area contributed by atoms with Gasteiger partial charge in [-0.25, -0.2) is 0 Å². The lowest BCUT2D eigenvalue weighted by atomic mass is 9.91. The van der Waals surface area contributed by atoms with Crippen molar-refractivity contribution in [2.75, 3.05) is 19.7 Å². The Kier molecular flexibility index (Phi) is 5.83. The molecule has 1 aliphatic heterocycles. The summed E-state index contributed by atoms with van der Waals surface area (Å²) in [7, 11) is 0. The number of aliphatic hydroxyl groups is 1. The van der Waals surface area contributed by atoms with Gasteiger partial charge in [-0.15, -0.1) is 0 Å². The maximum atomic E-state index is 12.5. The zero-order valence-electron chi connectivity index (χ0n) is 14.6. The number of likely N-dealkylation sites (tertiary alicyclic amines) is 1. The van der Waals surface area contributed by atoms with Gasteiger partial charge in [0.2, 0.25) is 0 Å². The van der Waals surface area contributed by atoms with E-state index in [4.69, 9.17) is 0 Å². The highest BCUT2D eigenvalue weighted by atomic mass is 16.3. The van der Waals surface area contributed by atoms with Gasteiger partial charge >= 0.3 is 0 Å². The van der Waals surface area contributed by atoms with Crippen molar-refractivity contribution >= 4 is 5.91 Å². The molecular formula is C19H26N4O2. The molecule has 2 atom stereocenters. The van der Waals surface area contributed by atoms with Crippen molar-refractivity contribution in [1.29, 1.82) is 0 Å². The Morgan fingerprint density at radius 3 is 2.84 bits per heavy atom. The molecule has 2 heterocycles. The molecule has 0 bridgehead atoms. The number of aliphatic hydroxyl groups excluding tert-OH is 1. The molecule has 0 spiro atoms. The number of nitrogens with one attached hydrogen (secondary N) is 1. The van der Waals surface area contributed by atoms with Crippen LogP contribution in [0.15, 0.2) is 42.7 Å².